The Morgan fingerprint density at radius 1 is 1.44 bits per heavy atom. The topological polar surface area (TPSA) is 21.3 Å². The molecule has 1 aromatic heterocycles. The Hall–Kier alpha value is 0.100. The lowest BCUT2D eigenvalue weighted by Gasteiger charge is -2.07. The van der Waals surface area contributed by atoms with Gasteiger partial charge in [-0.15, -0.1) is 11.3 Å². The fraction of sp³-hybridized carbons (Fsp3) is 0.667. The predicted molar refractivity (Wildman–Crippen MR) is 74.2 cm³/mol. The summed E-state index contributed by atoms with van der Waals surface area (Å²) in [4.78, 5) is 1.37. The van der Waals surface area contributed by atoms with Crippen molar-refractivity contribution in [1.82, 2.24) is 5.32 Å². The van der Waals surface area contributed by atoms with Crippen LogP contribution in [0.15, 0.2) is 15.9 Å². The smallest absolute Gasteiger partial charge is 0.0591 e. The van der Waals surface area contributed by atoms with Gasteiger partial charge in [-0.25, -0.2) is 0 Å². The molecule has 16 heavy (non-hydrogen) atoms. The van der Waals surface area contributed by atoms with E-state index in [4.69, 9.17) is 4.74 Å². The maximum Gasteiger partial charge on any atom is 0.0591 e. The van der Waals surface area contributed by atoms with E-state index in [0.717, 1.165) is 32.7 Å². The van der Waals surface area contributed by atoms with Crippen molar-refractivity contribution in [3.05, 3.63) is 20.8 Å². The van der Waals surface area contributed by atoms with Crippen LogP contribution < -0.4 is 5.32 Å². The second-order valence-corrected chi connectivity index (χ2v) is 6.01. The Morgan fingerprint density at radius 3 is 2.88 bits per heavy atom. The molecule has 92 valence electrons. The number of nitrogens with one attached hydrogen (secondary N) is 1. The van der Waals surface area contributed by atoms with Crippen LogP contribution in [-0.2, 0) is 11.2 Å². The molecule has 2 nitrogen and oxygen atoms in total. The number of rotatable bonds is 8. The highest BCUT2D eigenvalue weighted by Gasteiger charge is 2.00. The number of thiophene rings is 1. The summed E-state index contributed by atoms with van der Waals surface area (Å²) in [5.41, 5.74) is 0. The van der Waals surface area contributed by atoms with E-state index in [1.165, 1.54) is 9.35 Å². The lowest BCUT2D eigenvalue weighted by Crippen LogP contribution is -2.24. The van der Waals surface area contributed by atoms with Crippen molar-refractivity contribution < 1.29 is 4.74 Å². The van der Waals surface area contributed by atoms with Gasteiger partial charge in [0.25, 0.3) is 0 Å². The lowest BCUT2D eigenvalue weighted by atomic mass is 10.2. The summed E-state index contributed by atoms with van der Waals surface area (Å²) in [6.45, 7) is 8.05. The average Bonchev–Trinajstić information content (AvgIpc) is 2.62. The zero-order valence-electron chi connectivity index (χ0n) is 9.96. The van der Waals surface area contributed by atoms with Gasteiger partial charge >= 0.3 is 0 Å². The molecule has 0 atom stereocenters. The Balaban J connectivity index is 1.94. The van der Waals surface area contributed by atoms with Gasteiger partial charge in [0.15, 0.2) is 0 Å². The van der Waals surface area contributed by atoms with Crippen LogP contribution >= 0.6 is 27.3 Å². The van der Waals surface area contributed by atoms with Gasteiger partial charge in [-0.05, 0) is 39.8 Å². The normalized spacial score (nSPS) is 11.2. The minimum Gasteiger partial charge on any atom is -0.380 e. The number of hydrogen-bond donors (Lipinski definition) is 1. The van der Waals surface area contributed by atoms with E-state index in [0.29, 0.717) is 5.92 Å². The minimum atomic E-state index is 0.710. The molecule has 0 amide bonds. The molecule has 0 aliphatic carbocycles. The van der Waals surface area contributed by atoms with Gasteiger partial charge in [0.2, 0.25) is 0 Å². The third-order valence-electron chi connectivity index (χ3n) is 2.14. The highest BCUT2D eigenvalue weighted by molar-refractivity contribution is 9.10. The summed E-state index contributed by atoms with van der Waals surface area (Å²) in [5, 5.41) is 5.46. The van der Waals surface area contributed by atoms with Gasteiger partial charge in [-0.1, -0.05) is 13.8 Å². The highest BCUT2D eigenvalue weighted by atomic mass is 79.9. The van der Waals surface area contributed by atoms with Gasteiger partial charge in [0.05, 0.1) is 13.2 Å². The molecule has 1 heterocycles. The van der Waals surface area contributed by atoms with Crippen molar-refractivity contribution in [2.75, 3.05) is 26.3 Å². The molecular formula is C12H20BrNOS. The average molecular weight is 306 g/mol. The molecule has 0 aliphatic heterocycles. The molecule has 0 saturated heterocycles. The van der Waals surface area contributed by atoms with Crippen LogP contribution in [0.25, 0.3) is 0 Å². The first kappa shape index (κ1) is 14.2. The Bertz CT molecular complexity index is 288. The standard InChI is InChI=1S/C12H20BrNOS/c1-10(2)9-14-5-7-15-6-3-12-11(13)4-8-16-12/h4,8,10,14H,3,5-7,9H2,1-2H3. The van der Waals surface area contributed by atoms with E-state index in [2.05, 4.69) is 46.5 Å². The zero-order valence-corrected chi connectivity index (χ0v) is 12.4. The van der Waals surface area contributed by atoms with Crippen molar-refractivity contribution in [3.8, 4) is 0 Å². The molecule has 0 bridgehead atoms. The molecule has 0 spiro atoms. The Labute approximate surface area is 111 Å². The summed E-state index contributed by atoms with van der Waals surface area (Å²) < 4.78 is 6.77. The largest absolute Gasteiger partial charge is 0.380 e. The second-order valence-electron chi connectivity index (χ2n) is 4.15. The summed E-state index contributed by atoms with van der Waals surface area (Å²) >= 11 is 5.30. The molecule has 1 rings (SSSR count). The van der Waals surface area contributed by atoms with Crippen molar-refractivity contribution in [2.45, 2.75) is 20.3 Å². The third kappa shape index (κ3) is 5.99. The monoisotopic (exact) mass is 305 g/mol. The molecule has 0 aliphatic rings. The van der Waals surface area contributed by atoms with Gasteiger partial charge in [-0.2, -0.15) is 0 Å². The second kappa shape index (κ2) is 8.23. The van der Waals surface area contributed by atoms with Crippen molar-refractivity contribution in [3.63, 3.8) is 0 Å². The van der Waals surface area contributed by atoms with E-state index in [-0.39, 0.29) is 0 Å². The molecular weight excluding hydrogens is 286 g/mol. The minimum absolute atomic E-state index is 0.710. The fourth-order valence-corrected chi connectivity index (χ4v) is 2.84. The van der Waals surface area contributed by atoms with Crippen molar-refractivity contribution >= 4 is 27.3 Å². The number of hydrogen-bond acceptors (Lipinski definition) is 3. The molecule has 0 radical (unpaired) electrons. The SMILES string of the molecule is CC(C)CNCCOCCc1sccc1Br. The van der Waals surface area contributed by atoms with E-state index in [1.807, 2.05) is 0 Å². The quantitative estimate of drug-likeness (QED) is 0.744. The van der Waals surface area contributed by atoms with Crippen LogP contribution in [0.2, 0.25) is 0 Å². The fourth-order valence-electron chi connectivity index (χ4n) is 1.31. The van der Waals surface area contributed by atoms with E-state index >= 15 is 0 Å². The first-order valence-electron chi connectivity index (χ1n) is 5.70. The Kier molecular flexibility index (Phi) is 7.28. The van der Waals surface area contributed by atoms with Gasteiger partial charge in [-0.3, -0.25) is 0 Å². The first-order chi connectivity index (χ1) is 7.70. The van der Waals surface area contributed by atoms with Crippen LogP contribution in [0.5, 0.6) is 0 Å². The zero-order chi connectivity index (χ0) is 11.8. The number of halogens is 1. The van der Waals surface area contributed by atoms with Crippen LogP contribution in [0, 0.1) is 5.92 Å². The van der Waals surface area contributed by atoms with Gasteiger partial charge in [0.1, 0.15) is 0 Å². The lowest BCUT2D eigenvalue weighted by molar-refractivity contribution is 0.139. The summed E-state index contributed by atoms with van der Waals surface area (Å²) in [5.74, 6) is 0.710. The van der Waals surface area contributed by atoms with Gasteiger partial charge in [0, 0.05) is 22.3 Å². The maximum atomic E-state index is 5.57. The molecule has 0 saturated carbocycles. The van der Waals surface area contributed by atoms with E-state index < -0.39 is 0 Å². The molecule has 1 N–H and O–H groups in total. The molecule has 0 fully saturated rings. The van der Waals surface area contributed by atoms with Crippen LogP contribution in [0.4, 0.5) is 0 Å². The highest BCUT2D eigenvalue weighted by Crippen LogP contribution is 2.22. The summed E-state index contributed by atoms with van der Waals surface area (Å²) in [6.07, 6.45) is 1.00. The maximum absolute atomic E-state index is 5.57. The predicted octanol–water partition coefficient (Wildman–Crippen LogP) is 3.32. The number of ether oxygens (including phenoxy) is 1. The molecule has 4 heteroatoms. The molecule has 1 aromatic rings. The van der Waals surface area contributed by atoms with E-state index in [1.54, 1.807) is 11.3 Å². The van der Waals surface area contributed by atoms with Crippen LogP contribution in [0.1, 0.15) is 18.7 Å². The molecule has 0 unspecified atom stereocenters. The van der Waals surface area contributed by atoms with Crippen molar-refractivity contribution in [1.29, 1.82) is 0 Å². The summed E-state index contributed by atoms with van der Waals surface area (Å²) in [6, 6.07) is 2.09. The first-order valence-corrected chi connectivity index (χ1v) is 7.37. The van der Waals surface area contributed by atoms with Crippen molar-refractivity contribution in [2.24, 2.45) is 5.92 Å². The molecule has 0 aromatic carbocycles. The summed E-state index contributed by atoms with van der Waals surface area (Å²) in [7, 11) is 0. The third-order valence-corrected chi connectivity index (χ3v) is 4.13. The van der Waals surface area contributed by atoms with E-state index in [9.17, 15) is 0 Å². The Morgan fingerprint density at radius 2 is 2.25 bits per heavy atom. The van der Waals surface area contributed by atoms with Crippen LogP contribution in [0.3, 0.4) is 0 Å². The van der Waals surface area contributed by atoms with Crippen LogP contribution in [-0.4, -0.2) is 26.3 Å². The van der Waals surface area contributed by atoms with Gasteiger partial charge < -0.3 is 10.1 Å².